The van der Waals surface area contributed by atoms with Crippen LogP contribution in [0.1, 0.15) is 26.2 Å². The number of anilines is 2. The summed E-state index contributed by atoms with van der Waals surface area (Å²) in [5, 5.41) is 6.81. The fraction of sp³-hybridized carbons (Fsp3) is 0.714. The fourth-order valence-corrected chi connectivity index (χ4v) is 4.69. The Hall–Kier alpha value is -0.840. The second-order valence-corrected chi connectivity index (χ2v) is 6.93. The van der Waals surface area contributed by atoms with Crippen molar-refractivity contribution in [3.05, 3.63) is 10.7 Å². The Bertz CT molecular complexity index is 490. The van der Waals surface area contributed by atoms with E-state index in [9.17, 15) is 0 Å². The third kappa shape index (κ3) is 1.85. The molecule has 102 valence electrons. The smallest absolute Gasteiger partial charge is 0.224 e. The monoisotopic (exact) mass is 322 g/mol. The summed E-state index contributed by atoms with van der Waals surface area (Å²) in [6.07, 6.45) is 6.23. The number of halogens is 1. The molecule has 2 bridgehead atoms. The maximum absolute atomic E-state index is 4.56. The van der Waals surface area contributed by atoms with Crippen LogP contribution in [0.3, 0.4) is 0 Å². The van der Waals surface area contributed by atoms with Crippen LogP contribution < -0.4 is 10.6 Å². The van der Waals surface area contributed by atoms with Gasteiger partial charge in [0.05, 0.1) is 4.47 Å². The molecule has 5 heteroatoms. The van der Waals surface area contributed by atoms with Crippen molar-refractivity contribution in [1.29, 1.82) is 0 Å². The van der Waals surface area contributed by atoms with E-state index in [1.165, 1.54) is 19.3 Å². The van der Waals surface area contributed by atoms with E-state index in [1.54, 1.807) is 0 Å². The molecule has 0 aromatic carbocycles. The summed E-state index contributed by atoms with van der Waals surface area (Å²) in [6.45, 7) is 2.90. The molecule has 3 fully saturated rings. The molecular weight excluding hydrogens is 304 g/mol. The number of hydrogen-bond acceptors (Lipinski definition) is 4. The van der Waals surface area contributed by atoms with Crippen molar-refractivity contribution in [1.82, 2.24) is 9.97 Å². The topological polar surface area (TPSA) is 49.8 Å². The highest BCUT2D eigenvalue weighted by Crippen LogP contribution is 2.66. The SMILES string of the molecule is CCNc1ncc(Br)c(NC2C3C4CCC(C4)C23)n1. The highest BCUT2D eigenvalue weighted by Gasteiger charge is 2.65. The minimum Gasteiger partial charge on any atom is -0.366 e. The van der Waals surface area contributed by atoms with E-state index in [0.29, 0.717) is 12.0 Å². The van der Waals surface area contributed by atoms with Crippen molar-refractivity contribution >= 4 is 27.7 Å². The number of nitrogens with one attached hydrogen (secondary N) is 2. The molecule has 0 amide bonds. The molecule has 0 saturated heterocycles. The number of aromatic nitrogens is 2. The molecule has 1 aromatic heterocycles. The maximum Gasteiger partial charge on any atom is 0.224 e. The van der Waals surface area contributed by atoms with Gasteiger partial charge in [0.2, 0.25) is 5.95 Å². The van der Waals surface area contributed by atoms with Crippen molar-refractivity contribution in [2.75, 3.05) is 17.2 Å². The molecule has 3 saturated carbocycles. The minimum atomic E-state index is 0.659. The van der Waals surface area contributed by atoms with Gasteiger partial charge in [-0.2, -0.15) is 4.98 Å². The summed E-state index contributed by atoms with van der Waals surface area (Å²) in [6, 6.07) is 0.659. The Morgan fingerprint density at radius 1 is 1.32 bits per heavy atom. The first-order chi connectivity index (χ1) is 9.28. The molecule has 0 spiro atoms. The lowest BCUT2D eigenvalue weighted by atomic mass is 10.0. The zero-order chi connectivity index (χ0) is 13.0. The number of rotatable bonds is 4. The molecule has 1 aromatic rings. The van der Waals surface area contributed by atoms with Gasteiger partial charge in [-0.15, -0.1) is 0 Å². The fourth-order valence-electron chi connectivity index (χ4n) is 4.39. The number of fused-ring (bicyclic) bond motifs is 5. The van der Waals surface area contributed by atoms with Gasteiger partial charge in [0.15, 0.2) is 0 Å². The van der Waals surface area contributed by atoms with Crippen LogP contribution in [0.25, 0.3) is 0 Å². The van der Waals surface area contributed by atoms with Crippen LogP contribution in [0, 0.1) is 23.7 Å². The van der Waals surface area contributed by atoms with Gasteiger partial charge in [-0.1, -0.05) is 0 Å². The molecule has 3 aliphatic carbocycles. The van der Waals surface area contributed by atoms with E-state index in [4.69, 9.17) is 0 Å². The normalized spacial score (nSPS) is 38.1. The second kappa shape index (κ2) is 4.33. The Morgan fingerprint density at radius 3 is 2.74 bits per heavy atom. The standard InChI is InChI=1S/C14H19BrN4/c1-2-16-14-17-6-9(15)13(19-14)18-12-10-7-3-4-8(5-7)11(10)12/h6-8,10-12H,2-5H2,1H3,(H2,16,17,18,19). The minimum absolute atomic E-state index is 0.659. The molecule has 3 aliphatic rings. The van der Waals surface area contributed by atoms with Gasteiger partial charge in [-0.05, 0) is 65.8 Å². The zero-order valence-corrected chi connectivity index (χ0v) is 12.7. The van der Waals surface area contributed by atoms with E-state index < -0.39 is 0 Å². The first-order valence-electron chi connectivity index (χ1n) is 7.31. The molecule has 4 rings (SSSR count). The Balaban J connectivity index is 1.50. The Kier molecular flexibility index (Phi) is 2.72. The van der Waals surface area contributed by atoms with Gasteiger partial charge in [0.1, 0.15) is 5.82 Å². The van der Waals surface area contributed by atoms with Gasteiger partial charge in [0, 0.05) is 18.8 Å². The predicted octanol–water partition coefficient (Wildman–Crippen LogP) is 3.13. The molecule has 4 nitrogen and oxygen atoms in total. The van der Waals surface area contributed by atoms with Crippen molar-refractivity contribution in [3.8, 4) is 0 Å². The van der Waals surface area contributed by atoms with Crippen LogP contribution in [0.2, 0.25) is 0 Å². The molecular formula is C14H19BrN4. The first kappa shape index (κ1) is 11.9. The van der Waals surface area contributed by atoms with Crippen LogP contribution in [-0.4, -0.2) is 22.6 Å². The molecule has 0 radical (unpaired) electrons. The van der Waals surface area contributed by atoms with Gasteiger partial charge >= 0.3 is 0 Å². The van der Waals surface area contributed by atoms with Gasteiger partial charge < -0.3 is 10.6 Å². The van der Waals surface area contributed by atoms with Crippen molar-refractivity contribution in [3.63, 3.8) is 0 Å². The summed E-state index contributed by atoms with van der Waals surface area (Å²) in [4.78, 5) is 8.82. The van der Waals surface area contributed by atoms with Crippen molar-refractivity contribution in [2.45, 2.75) is 32.2 Å². The number of nitrogens with zero attached hydrogens (tertiary/aromatic N) is 2. The van der Waals surface area contributed by atoms with Gasteiger partial charge in [-0.3, -0.25) is 0 Å². The summed E-state index contributed by atoms with van der Waals surface area (Å²) < 4.78 is 0.964. The van der Waals surface area contributed by atoms with Crippen LogP contribution in [0.15, 0.2) is 10.7 Å². The molecule has 19 heavy (non-hydrogen) atoms. The predicted molar refractivity (Wildman–Crippen MR) is 79.1 cm³/mol. The third-order valence-corrected chi connectivity index (χ3v) is 5.70. The lowest BCUT2D eigenvalue weighted by Gasteiger charge is -2.13. The van der Waals surface area contributed by atoms with E-state index in [-0.39, 0.29) is 0 Å². The van der Waals surface area contributed by atoms with Gasteiger partial charge in [0.25, 0.3) is 0 Å². The highest BCUT2D eigenvalue weighted by molar-refractivity contribution is 9.10. The Morgan fingerprint density at radius 2 is 2.05 bits per heavy atom. The quantitative estimate of drug-likeness (QED) is 0.894. The van der Waals surface area contributed by atoms with Crippen LogP contribution in [0.4, 0.5) is 11.8 Å². The summed E-state index contributed by atoms with van der Waals surface area (Å²) in [5.41, 5.74) is 0. The first-order valence-corrected chi connectivity index (χ1v) is 8.10. The summed E-state index contributed by atoms with van der Waals surface area (Å²) in [7, 11) is 0. The van der Waals surface area contributed by atoms with Gasteiger partial charge in [-0.25, -0.2) is 4.98 Å². The lowest BCUT2D eigenvalue weighted by molar-refractivity contribution is 0.456. The largest absolute Gasteiger partial charge is 0.366 e. The third-order valence-electron chi connectivity index (χ3n) is 5.12. The highest BCUT2D eigenvalue weighted by atomic mass is 79.9. The average molecular weight is 323 g/mol. The van der Waals surface area contributed by atoms with Crippen LogP contribution >= 0.6 is 15.9 Å². The number of hydrogen-bond donors (Lipinski definition) is 2. The molecule has 2 N–H and O–H groups in total. The van der Waals surface area contributed by atoms with Crippen LogP contribution in [0.5, 0.6) is 0 Å². The van der Waals surface area contributed by atoms with Crippen molar-refractivity contribution < 1.29 is 0 Å². The second-order valence-electron chi connectivity index (χ2n) is 6.08. The molecule has 4 unspecified atom stereocenters. The lowest BCUT2D eigenvalue weighted by Crippen LogP contribution is -2.15. The Labute approximate surface area is 121 Å². The molecule has 0 aliphatic heterocycles. The molecule has 4 atom stereocenters. The van der Waals surface area contributed by atoms with E-state index in [2.05, 4.69) is 43.5 Å². The maximum atomic E-state index is 4.56. The summed E-state index contributed by atoms with van der Waals surface area (Å²) >= 11 is 3.55. The van der Waals surface area contributed by atoms with E-state index in [0.717, 1.165) is 40.5 Å². The average Bonchev–Trinajstić information content (AvgIpc) is 2.81. The van der Waals surface area contributed by atoms with E-state index >= 15 is 0 Å². The zero-order valence-electron chi connectivity index (χ0n) is 11.1. The van der Waals surface area contributed by atoms with Crippen LogP contribution in [-0.2, 0) is 0 Å². The molecule has 1 heterocycles. The summed E-state index contributed by atoms with van der Waals surface area (Å²) in [5.74, 6) is 5.47. The van der Waals surface area contributed by atoms with E-state index in [1.807, 2.05) is 6.20 Å². The van der Waals surface area contributed by atoms with Crippen molar-refractivity contribution in [2.24, 2.45) is 23.7 Å².